The highest BCUT2D eigenvalue weighted by atomic mass is 15.3. The summed E-state index contributed by atoms with van der Waals surface area (Å²) in [4.78, 5) is 5.54. The summed E-state index contributed by atoms with van der Waals surface area (Å²) in [5.74, 6) is 0. The summed E-state index contributed by atoms with van der Waals surface area (Å²) in [5.41, 5.74) is 0.593. The highest BCUT2D eigenvalue weighted by molar-refractivity contribution is 4.93. The van der Waals surface area contributed by atoms with Crippen molar-refractivity contribution in [2.45, 2.75) is 57.9 Å². The lowest BCUT2D eigenvalue weighted by Gasteiger charge is -2.34. The number of rotatable bonds is 6. The third-order valence-electron chi connectivity index (χ3n) is 5.88. The predicted molar refractivity (Wildman–Crippen MR) is 85.1 cm³/mol. The van der Waals surface area contributed by atoms with Gasteiger partial charge in [-0.3, -0.25) is 4.90 Å². The van der Waals surface area contributed by atoms with E-state index in [1.54, 1.807) is 0 Å². The molecule has 0 aromatic heterocycles. The summed E-state index contributed by atoms with van der Waals surface area (Å²) in [6.07, 6.45) is 10.1. The lowest BCUT2D eigenvalue weighted by molar-refractivity contribution is 0.159. The van der Waals surface area contributed by atoms with Crippen LogP contribution in [0.2, 0.25) is 0 Å². The summed E-state index contributed by atoms with van der Waals surface area (Å²) in [7, 11) is 0. The molecule has 0 spiro atoms. The molecule has 0 bridgehead atoms. The molecule has 2 heterocycles. The van der Waals surface area contributed by atoms with Crippen molar-refractivity contribution < 1.29 is 0 Å². The van der Waals surface area contributed by atoms with Gasteiger partial charge in [-0.2, -0.15) is 0 Å². The van der Waals surface area contributed by atoms with Gasteiger partial charge < -0.3 is 10.2 Å². The van der Waals surface area contributed by atoms with E-state index in [1.807, 2.05) is 0 Å². The summed E-state index contributed by atoms with van der Waals surface area (Å²) < 4.78 is 0. The van der Waals surface area contributed by atoms with Gasteiger partial charge >= 0.3 is 0 Å². The SMILES string of the molecule is CCNCC1(CN2CCC(N3CCCC3)C2)CCCC1. The summed E-state index contributed by atoms with van der Waals surface area (Å²) >= 11 is 0. The van der Waals surface area contributed by atoms with Crippen molar-refractivity contribution in [2.75, 3.05) is 45.8 Å². The van der Waals surface area contributed by atoms with E-state index in [9.17, 15) is 0 Å². The zero-order valence-corrected chi connectivity index (χ0v) is 13.4. The van der Waals surface area contributed by atoms with Crippen LogP contribution >= 0.6 is 0 Å². The molecular weight excluding hydrogens is 246 g/mol. The summed E-state index contributed by atoms with van der Waals surface area (Å²) in [6.45, 7) is 11.4. The van der Waals surface area contributed by atoms with Gasteiger partial charge in [-0.05, 0) is 63.7 Å². The molecule has 3 fully saturated rings. The van der Waals surface area contributed by atoms with Crippen molar-refractivity contribution in [1.82, 2.24) is 15.1 Å². The number of hydrogen-bond donors (Lipinski definition) is 1. The molecule has 1 unspecified atom stereocenters. The lowest BCUT2D eigenvalue weighted by atomic mass is 9.85. The van der Waals surface area contributed by atoms with Crippen molar-refractivity contribution in [3.8, 4) is 0 Å². The topological polar surface area (TPSA) is 18.5 Å². The van der Waals surface area contributed by atoms with Gasteiger partial charge in [0.05, 0.1) is 0 Å². The highest BCUT2D eigenvalue weighted by Gasteiger charge is 2.38. The maximum atomic E-state index is 3.63. The van der Waals surface area contributed by atoms with Crippen LogP contribution in [-0.2, 0) is 0 Å². The second kappa shape index (κ2) is 6.76. The Morgan fingerprint density at radius 3 is 2.50 bits per heavy atom. The summed E-state index contributed by atoms with van der Waals surface area (Å²) in [6, 6.07) is 0.870. The van der Waals surface area contributed by atoms with Gasteiger partial charge in [-0.1, -0.05) is 19.8 Å². The fraction of sp³-hybridized carbons (Fsp3) is 1.00. The Morgan fingerprint density at radius 2 is 1.80 bits per heavy atom. The minimum atomic E-state index is 0.593. The van der Waals surface area contributed by atoms with Crippen LogP contribution in [0.25, 0.3) is 0 Å². The Bertz CT molecular complexity index is 293. The average Bonchev–Trinajstić information content (AvgIpc) is 3.18. The molecule has 0 amide bonds. The average molecular weight is 279 g/mol. The molecule has 1 N–H and O–H groups in total. The van der Waals surface area contributed by atoms with E-state index >= 15 is 0 Å². The van der Waals surface area contributed by atoms with Crippen molar-refractivity contribution in [3.63, 3.8) is 0 Å². The van der Waals surface area contributed by atoms with Crippen molar-refractivity contribution in [3.05, 3.63) is 0 Å². The molecule has 1 atom stereocenters. The number of hydrogen-bond acceptors (Lipinski definition) is 3. The van der Waals surface area contributed by atoms with E-state index in [1.165, 1.54) is 84.2 Å². The van der Waals surface area contributed by atoms with Crippen molar-refractivity contribution >= 4 is 0 Å². The van der Waals surface area contributed by atoms with E-state index in [0.29, 0.717) is 5.41 Å². The van der Waals surface area contributed by atoms with E-state index in [-0.39, 0.29) is 0 Å². The second-order valence-electron chi connectivity index (χ2n) is 7.41. The minimum Gasteiger partial charge on any atom is -0.316 e. The molecule has 1 aliphatic carbocycles. The van der Waals surface area contributed by atoms with E-state index in [0.717, 1.165) is 12.6 Å². The Labute approximate surface area is 125 Å². The zero-order valence-electron chi connectivity index (χ0n) is 13.4. The van der Waals surface area contributed by atoms with Crippen LogP contribution in [0, 0.1) is 5.41 Å². The number of likely N-dealkylation sites (tertiary alicyclic amines) is 2. The molecule has 2 aliphatic heterocycles. The van der Waals surface area contributed by atoms with Gasteiger partial charge in [0.2, 0.25) is 0 Å². The van der Waals surface area contributed by atoms with E-state index < -0.39 is 0 Å². The molecule has 116 valence electrons. The molecule has 3 aliphatic rings. The smallest absolute Gasteiger partial charge is 0.0235 e. The molecule has 0 radical (unpaired) electrons. The first-order valence-corrected chi connectivity index (χ1v) is 8.98. The third kappa shape index (κ3) is 3.37. The van der Waals surface area contributed by atoms with Crippen LogP contribution in [0.15, 0.2) is 0 Å². The lowest BCUT2D eigenvalue weighted by Crippen LogP contribution is -2.43. The first-order valence-electron chi connectivity index (χ1n) is 8.98. The fourth-order valence-electron chi connectivity index (χ4n) is 4.74. The van der Waals surface area contributed by atoms with Crippen LogP contribution in [0.4, 0.5) is 0 Å². The predicted octanol–water partition coefficient (Wildman–Crippen LogP) is 2.33. The molecule has 1 saturated carbocycles. The highest BCUT2D eigenvalue weighted by Crippen LogP contribution is 2.39. The Balaban J connectivity index is 1.51. The summed E-state index contributed by atoms with van der Waals surface area (Å²) in [5, 5.41) is 3.63. The number of nitrogens with zero attached hydrogens (tertiary/aromatic N) is 2. The maximum absolute atomic E-state index is 3.63. The number of nitrogens with one attached hydrogen (secondary N) is 1. The van der Waals surface area contributed by atoms with Gasteiger partial charge in [-0.25, -0.2) is 0 Å². The molecule has 0 aromatic carbocycles. The van der Waals surface area contributed by atoms with Crippen LogP contribution < -0.4 is 5.32 Å². The zero-order chi connectivity index (χ0) is 13.8. The largest absolute Gasteiger partial charge is 0.316 e. The van der Waals surface area contributed by atoms with Crippen LogP contribution in [-0.4, -0.2) is 61.7 Å². The van der Waals surface area contributed by atoms with Crippen molar-refractivity contribution in [2.24, 2.45) is 5.41 Å². The first-order chi connectivity index (χ1) is 9.81. The van der Waals surface area contributed by atoms with E-state index in [4.69, 9.17) is 0 Å². The third-order valence-corrected chi connectivity index (χ3v) is 5.88. The van der Waals surface area contributed by atoms with Gasteiger partial charge in [-0.15, -0.1) is 0 Å². The Hall–Kier alpha value is -0.120. The second-order valence-corrected chi connectivity index (χ2v) is 7.41. The normalized spacial score (nSPS) is 31.4. The van der Waals surface area contributed by atoms with Crippen LogP contribution in [0.3, 0.4) is 0 Å². The minimum absolute atomic E-state index is 0.593. The molecular formula is C17H33N3. The monoisotopic (exact) mass is 279 g/mol. The van der Waals surface area contributed by atoms with E-state index in [2.05, 4.69) is 22.0 Å². The van der Waals surface area contributed by atoms with Gasteiger partial charge in [0, 0.05) is 25.7 Å². The first kappa shape index (κ1) is 14.8. The fourth-order valence-corrected chi connectivity index (χ4v) is 4.74. The van der Waals surface area contributed by atoms with Gasteiger partial charge in [0.1, 0.15) is 0 Å². The van der Waals surface area contributed by atoms with Gasteiger partial charge in [0.15, 0.2) is 0 Å². The molecule has 0 aromatic rings. The van der Waals surface area contributed by atoms with Crippen LogP contribution in [0.5, 0.6) is 0 Å². The van der Waals surface area contributed by atoms with Gasteiger partial charge in [0.25, 0.3) is 0 Å². The Kier molecular flexibility index (Phi) is 5.00. The standard InChI is InChI=1S/C17H33N3/c1-2-18-14-17(8-3-4-9-17)15-19-12-7-16(13-19)20-10-5-6-11-20/h16,18H,2-15H2,1H3. The Morgan fingerprint density at radius 1 is 1.05 bits per heavy atom. The van der Waals surface area contributed by atoms with Crippen LogP contribution in [0.1, 0.15) is 51.9 Å². The molecule has 3 nitrogen and oxygen atoms in total. The maximum Gasteiger partial charge on any atom is 0.0235 e. The molecule has 3 rings (SSSR count). The molecule has 20 heavy (non-hydrogen) atoms. The molecule has 2 saturated heterocycles. The van der Waals surface area contributed by atoms with Crippen molar-refractivity contribution in [1.29, 1.82) is 0 Å². The molecule has 3 heteroatoms. The quantitative estimate of drug-likeness (QED) is 0.805.